The third-order valence-corrected chi connectivity index (χ3v) is 7.37. The zero-order chi connectivity index (χ0) is 21.2. The summed E-state index contributed by atoms with van der Waals surface area (Å²) in [5, 5.41) is 20.0. The fourth-order valence-electron chi connectivity index (χ4n) is 5.49. The summed E-state index contributed by atoms with van der Waals surface area (Å²) in [6, 6.07) is 0. The van der Waals surface area contributed by atoms with Gasteiger partial charge in [0.15, 0.2) is 0 Å². The smallest absolute Gasteiger partial charge is 0.0787 e. The van der Waals surface area contributed by atoms with Gasteiger partial charge in [-0.3, -0.25) is 0 Å². The molecule has 2 N–H and O–H groups in total. The zero-order valence-electron chi connectivity index (χ0n) is 18.8. The number of aliphatic hydroxyl groups excluding tert-OH is 1. The molecule has 0 aromatic carbocycles. The van der Waals surface area contributed by atoms with Crippen LogP contribution in [-0.2, 0) is 4.74 Å². The number of rotatable bonds is 6. The van der Waals surface area contributed by atoms with Gasteiger partial charge in [-0.2, -0.15) is 0 Å². The van der Waals surface area contributed by atoms with Gasteiger partial charge in [-0.15, -0.1) is 0 Å². The van der Waals surface area contributed by atoms with Crippen LogP contribution in [0.1, 0.15) is 79.1 Å². The second-order valence-corrected chi connectivity index (χ2v) is 10.2. The largest absolute Gasteiger partial charge is 0.390 e. The molecule has 3 rings (SSSR count). The molecule has 0 aliphatic heterocycles. The highest BCUT2D eigenvalue weighted by Gasteiger charge is 2.46. The number of hydrogen-bond donors (Lipinski definition) is 2. The predicted molar refractivity (Wildman–Crippen MR) is 120 cm³/mol. The fourth-order valence-corrected chi connectivity index (χ4v) is 5.49. The third-order valence-electron chi connectivity index (χ3n) is 7.37. The van der Waals surface area contributed by atoms with Gasteiger partial charge >= 0.3 is 0 Å². The summed E-state index contributed by atoms with van der Waals surface area (Å²) in [5.74, 6) is 0.546. The molecule has 4 unspecified atom stereocenters. The lowest BCUT2D eigenvalue weighted by atomic mass is 9.63. The molecule has 0 spiro atoms. The van der Waals surface area contributed by atoms with Crippen molar-refractivity contribution in [1.29, 1.82) is 0 Å². The van der Waals surface area contributed by atoms with E-state index in [0.29, 0.717) is 18.9 Å². The molecular formula is C26H40O3. The summed E-state index contributed by atoms with van der Waals surface area (Å²) >= 11 is 0. The van der Waals surface area contributed by atoms with E-state index in [-0.39, 0.29) is 17.6 Å². The summed E-state index contributed by atoms with van der Waals surface area (Å²) in [5.41, 5.74) is 4.59. The van der Waals surface area contributed by atoms with E-state index in [1.54, 1.807) is 0 Å². The lowest BCUT2D eigenvalue weighted by Gasteiger charge is -2.42. The summed E-state index contributed by atoms with van der Waals surface area (Å²) in [6.45, 7) is 12.9. The van der Waals surface area contributed by atoms with Gasteiger partial charge in [0.05, 0.1) is 24.4 Å². The van der Waals surface area contributed by atoms with E-state index in [2.05, 4.69) is 38.7 Å². The quantitative estimate of drug-likeness (QED) is 0.567. The fraction of sp³-hybridized carbons (Fsp3) is 0.692. The Morgan fingerprint density at radius 1 is 1.31 bits per heavy atom. The monoisotopic (exact) mass is 400 g/mol. The minimum absolute atomic E-state index is 0.0957. The molecule has 29 heavy (non-hydrogen) atoms. The van der Waals surface area contributed by atoms with Crippen LogP contribution in [0.25, 0.3) is 0 Å². The van der Waals surface area contributed by atoms with E-state index < -0.39 is 5.60 Å². The summed E-state index contributed by atoms with van der Waals surface area (Å²) < 4.78 is 6.13. The van der Waals surface area contributed by atoms with Crippen molar-refractivity contribution in [2.24, 2.45) is 11.3 Å². The first kappa shape index (κ1) is 22.5. The maximum atomic E-state index is 10.1. The van der Waals surface area contributed by atoms with Crippen LogP contribution in [0.15, 0.2) is 47.1 Å². The Bertz CT molecular complexity index is 706. The van der Waals surface area contributed by atoms with Gasteiger partial charge in [0, 0.05) is 0 Å². The van der Waals surface area contributed by atoms with E-state index in [4.69, 9.17) is 4.74 Å². The van der Waals surface area contributed by atoms with Gasteiger partial charge < -0.3 is 14.9 Å². The van der Waals surface area contributed by atoms with E-state index in [9.17, 15) is 10.2 Å². The Morgan fingerprint density at radius 2 is 2.07 bits per heavy atom. The highest BCUT2D eigenvalue weighted by molar-refractivity contribution is 5.39. The van der Waals surface area contributed by atoms with E-state index >= 15 is 0 Å². The van der Waals surface area contributed by atoms with Crippen LogP contribution in [0.3, 0.4) is 0 Å². The SMILES string of the molecule is C=C1/C(=C\C=C2/CCCC3(C)C(C(C)OCCC(C)(C)O)=CCC23)CCCC1O. The first-order valence-corrected chi connectivity index (χ1v) is 11.4. The Kier molecular flexibility index (Phi) is 6.92. The molecule has 0 aromatic heterocycles. The van der Waals surface area contributed by atoms with Crippen LogP contribution in [0.4, 0.5) is 0 Å². The normalized spacial score (nSPS) is 34.4. The Hall–Kier alpha value is -1.16. The summed E-state index contributed by atoms with van der Waals surface area (Å²) in [4.78, 5) is 0. The van der Waals surface area contributed by atoms with Crippen molar-refractivity contribution >= 4 is 0 Å². The number of allylic oxidation sites excluding steroid dienone is 4. The van der Waals surface area contributed by atoms with Crippen LogP contribution in [-0.4, -0.2) is 34.6 Å². The minimum Gasteiger partial charge on any atom is -0.390 e. The predicted octanol–water partition coefficient (Wildman–Crippen LogP) is 5.64. The molecule has 0 amide bonds. The molecule has 0 saturated heterocycles. The van der Waals surface area contributed by atoms with Crippen molar-refractivity contribution < 1.29 is 14.9 Å². The molecule has 3 aliphatic rings. The minimum atomic E-state index is -0.679. The van der Waals surface area contributed by atoms with Crippen LogP contribution in [0.5, 0.6) is 0 Å². The van der Waals surface area contributed by atoms with Gasteiger partial charge in [0.2, 0.25) is 0 Å². The molecule has 162 valence electrons. The van der Waals surface area contributed by atoms with E-state index in [1.807, 2.05) is 13.8 Å². The molecule has 3 nitrogen and oxygen atoms in total. The third kappa shape index (κ3) is 5.13. The van der Waals surface area contributed by atoms with Crippen molar-refractivity contribution in [3.63, 3.8) is 0 Å². The second kappa shape index (κ2) is 8.91. The molecule has 0 aromatic rings. The average Bonchev–Trinajstić information content (AvgIpc) is 2.99. The number of aliphatic hydroxyl groups is 2. The maximum absolute atomic E-state index is 10.1. The van der Waals surface area contributed by atoms with Gasteiger partial charge in [-0.25, -0.2) is 0 Å². The molecular weight excluding hydrogens is 360 g/mol. The van der Waals surface area contributed by atoms with Crippen molar-refractivity contribution in [3.8, 4) is 0 Å². The first-order valence-electron chi connectivity index (χ1n) is 11.4. The van der Waals surface area contributed by atoms with E-state index in [0.717, 1.165) is 37.7 Å². The van der Waals surface area contributed by atoms with Crippen LogP contribution in [0, 0.1) is 11.3 Å². The first-order chi connectivity index (χ1) is 13.6. The van der Waals surface area contributed by atoms with Crippen LogP contribution >= 0.6 is 0 Å². The molecule has 4 atom stereocenters. The Balaban J connectivity index is 1.70. The number of fused-ring (bicyclic) bond motifs is 1. The molecule has 0 bridgehead atoms. The highest BCUT2D eigenvalue weighted by atomic mass is 16.5. The van der Waals surface area contributed by atoms with E-state index in [1.165, 1.54) is 29.6 Å². The van der Waals surface area contributed by atoms with Crippen molar-refractivity contribution in [1.82, 2.24) is 0 Å². The van der Waals surface area contributed by atoms with Gasteiger partial charge in [-0.1, -0.05) is 37.3 Å². The standard InChI is InChI=1S/C26H40O3/c1-18-20(8-6-10-24(18)27)11-12-21-9-7-15-26(5)22(13-14-23(21)26)19(2)29-17-16-25(3,4)28/h11-13,19,23-24,27-28H,1,6-10,14-17H2,2-5H3/b20-11-,21-12+. The second-order valence-electron chi connectivity index (χ2n) is 10.2. The molecule has 2 fully saturated rings. The zero-order valence-corrected chi connectivity index (χ0v) is 18.8. The van der Waals surface area contributed by atoms with Crippen LogP contribution in [0.2, 0.25) is 0 Å². The number of ether oxygens (including phenoxy) is 1. The van der Waals surface area contributed by atoms with Crippen molar-refractivity contribution in [2.75, 3.05) is 6.61 Å². The number of hydrogen-bond acceptors (Lipinski definition) is 3. The Morgan fingerprint density at radius 3 is 2.79 bits per heavy atom. The highest BCUT2D eigenvalue weighted by Crippen LogP contribution is 2.55. The molecule has 0 radical (unpaired) electrons. The topological polar surface area (TPSA) is 49.7 Å². The van der Waals surface area contributed by atoms with Gasteiger partial charge in [0.25, 0.3) is 0 Å². The van der Waals surface area contributed by atoms with Gasteiger partial charge in [-0.05, 0) is 100 Å². The maximum Gasteiger partial charge on any atom is 0.0787 e. The molecule has 0 heterocycles. The average molecular weight is 401 g/mol. The van der Waals surface area contributed by atoms with Crippen molar-refractivity contribution in [3.05, 3.63) is 47.1 Å². The lowest BCUT2D eigenvalue weighted by molar-refractivity contribution is 0.00739. The molecule has 2 saturated carbocycles. The van der Waals surface area contributed by atoms with Crippen molar-refractivity contribution in [2.45, 2.75) is 96.9 Å². The lowest BCUT2D eigenvalue weighted by Crippen LogP contribution is -2.35. The summed E-state index contributed by atoms with van der Waals surface area (Å²) in [7, 11) is 0. The summed E-state index contributed by atoms with van der Waals surface area (Å²) in [6.07, 6.45) is 14.9. The van der Waals surface area contributed by atoms with Gasteiger partial charge in [0.1, 0.15) is 0 Å². The molecule has 3 heteroatoms. The van der Waals surface area contributed by atoms with Crippen LogP contribution < -0.4 is 0 Å². The Labute approximate surface area is 177 Å². The molecule has 3 aliphatic carbocycles.